The summed E-state index contributed by atoms with van der Waals surface area (Å²) < 4.78 is 11.2. The van der Waals surface area contributed by atoms with Gasteiger partial charge in [0.1, 0.15) is 11.5 Å². The molecule has 0 heterocycles. The number of amides is 1. The monoisotopic (exact) mass is 424 g/mol. The topological polar surface area (TPSA) is 59.9 Å². The summed E-state index contributed by atoms with van der Waals surface area (Å²) >= 11 is 0. The van der Waals surface area contributed by atoms with Crippen LogP contribution in [0.1, 0.15) is 12.5 Å². The molecule has 4 aromatic rings. The number of ether oxygens (including phenoxy) is 2. The van der Waals surface area contributed by atoms with E-state index < -0.39 is 6.10 Å². The van der Waals surface area contributed by atoms with E-state index in [1.807, 2.05) is 78.9 Å². The second-order valence-electron chi connectivity index (χ2n) is 7.29. The molecule has 0 aromatic heterocycles. The second-order valence-corrected chi connectivity index (χ2v) is 7.29. The highest BCUT2D eigenvalue weighted by Crippen LogP contribution is 2.26. The minimum absolute atomic E-state index is 0.340. The van der Waals surface area contributed by atoms with Crippen molar-refractivity contribution in [2.75, 3.05) is 7.11 Å². The van der Waals surface area contributed by atoms with Crippen molar-refractivity contribution in [2.45, 2.75) is 13.0 Å². The molecule has 1 amide bonds. The van der Waals surface area contributed by atoms with E-state index in [-0.39, 0.29) is 5.91 Å². The van der Waals surface area contributed by atoms with Crippen molar-refractivity contribution in [3.63, 3.8) is 0 Å². The van der Waals surface area contributed by atoms with Gasteiger partial charge in [0.15, 0.2) is 6.10 Å². The van der Waals surface area contributed by atoms with Crippen molar-refractivity contribution in [1.82, 2.24) is 5.43 Å². The Morgan fingerprint density at radius 2 is 1.56 bits per heavy atom. The van der Waals surface area contributed by atoms with Crippen molar-refractivity contribution in [3.8, 4) is 22.6 Å². The van der Waals surface area contributed by atoms with Gasteiger partial charge >= 0.3 is 0 Å². The van der Waals surface area contributed by atoms with Crippen molar-refractivity contribution >= 4 is 22.9 Å². The molecule has 0 spiro atoms. The molecule has 5 heteroatoms. The minimum Gasteiger partial charge on any atom is -0.496 e. The summed E-state index contributed by atoms with van der Waals surface area (Å²) in [5.41, 5.74) is 5.57. The lowest BCUT2D eigenvalue weighted by molar-refractivity contribution is -0.127. The van der Waals surface area contributed by atoms with Gasteiger partial charge in [-0.05, 0) is 47.0 Å². The number of hydrogen-bond donors (Lipinski definition) is 1. The van der Waals surface area contributed by atoms with Gasteiger partial charge in [-0.2, -0.15) is 5.10 Å². The van der Waals surface area contributed by atoms with Crippen LogP contribution in [0.3, 0.4) is 0 Å². The first-order valence-electron chi connectivity index (χ1n) is 10.4. The third-order valence-electron chi connectivity index (χ3n) is 5.16. The van der Waals surface area contributed by atoms with E-state index in [0.29, 0.717) is 11.5 Å². The lowest BCUT2D eigenvalue weighted by atomic mass is 10.0. The average molecular weight is 425 g/mol. The van der Waals surface area contributed by atoms with E-state index in [1.165, 1.54) is 0 Å². The zero-order valence-corrected chi connectivity index (χ0v) is 18.0. The van der Waals surface area contributed by atoms with Gasteiger partial charge in [-0.25, -0.2) is 5.43 Å². The third-order valence-corrected chi connectivity index (χ3v) is 5.16. The summed E-state index contributed by atoms with van der Waals surface area (Å²) in [7, 11) is 1.61. The van der Waals surface area contributed by atoms with E-state index in [1.54, 1.807) is 20.2 Å². The Morgan fingerprint density at radius 1 is 0.875 bits per heavy atom. The molecule has 0 fully saturated rings. The van der Waals surface area contributed by atoms with Crippen molar-refractivity contribution in [1.29, 1.82) is 0 Å². The van der Waals surface area contributed by atoms with E-state index >= 15 is 0 Å². The summed E-state index contributed by atoms with van der Waals surface area (Å²) in [6.07, 6.45) is 0.893. The first-order valence-corrected chi connectivity index (χ1v) is 10.4. The number of methoxy groups -OCH3 is 1. The fourth-order valence-electron chi connectivity index (χ4n) is 3.45. The summed E-state index contributed by atoms with van der Waals surface area (Å²) in [5, 5.41) is 6.19. The SMILES string of the molecule is COc1ccc2ccccc2c1C=NNC(=O)[C@H](C)Oc1ccc(-c2ccccc2)cc1. The first kappa shape index (κ1) is 21.1. The largest absolute Gasteiger partial charge is 0.496 e. The Bertz CT molecular complexity index is 1230. The van der Waals surface area contributed by atoms with Crippen LogP contribution in [0.4, 0.5) is 0 Å². The van der Waals surface area contributed by atoms with Crippen molar-refractivity contribution in [2.24, 2.45) is 5.10 Å². The molecule has 0 saturated carbocycles. The van der Waals surface area contributed by atoms with E-state index in [9.17, 15) is 4.79 Å². The van der Waals surface area contributed by atoms with Crippen LogP contribution in [0.2, 0.25) is 0 Å². The van der Waals surface area contributed by atoms with Crippen LogP contribution >= 0.6 is 0 Å². The van der Waals surface area contributed by atoms with Crippen LogP contribution in [0.25, 0.3) is 21.9 Å². The third kappa shape index (κ3) is 4.78. The highest BCUT2D eigenvalue weighted by molar-refractivity contribution is 6.02. The van der Waals surface area contributed by atoms with E-state index in [2.05, 4.69) is 22.7 Å². The fourth-order valence-corrected chi connectivity index (χ4v) is 3.45. The number of nitrogens with zero attached hydrogens (tertiary/aromatic N) is 1. The fraction of sp³-hybridized carbons (Fsp3) is 0.111. The highest BCUT2D eigenvalue weighted by Gasteiger charge is 2.14. The highest BCUT2D eigenvalue weighted by atomic mass is 16.5. The molecule has 0 saturated heterocycles. The molecule has 0 aliphatic heterocycles. The molecular weight excluding hydrogens is 400 g/mol. The summed E-state index contributed by atoms with van der Waals surface area (Å²) in [5.74, 6) is 0.962. The summed E-state index contributed by atoms with van der Waals surface area (Å²) in [6.45, 7) is 1.69. The van der Waals surface area contributed by atoms with Gasteiger partial charge in [0.05, 0.1) is 13.3 Å². The summed E-state index contributed by atoms with van der Waals surface area (Å²) in [4.78, 5) is 12.5. The van der Waals surface area contributed by atoms with Crippen LogP contribution in [0.5, 0.6) is 11.5 Å². The minimum atomic E-state index is -0.705. The van der Waals surface area contributed by atoms with Gasteiger partial charge < -0.3 is 9.47 Å². The molecule has 0 aliphatic carbocycles. The van der Waals surface area contributed by atoms with Gasteiger partial charge in [0, 0.05) is 5.56 Å². The van der Waals surface area contributed by atoms with Gasteiger partial charge in [-0.15, -0.1) is 0 Å². The van der Waals surface area contributed by atoms with E-state index in [4.69, 9.17) is 9.47 Å². The predicted molar refractivity (Wildman–Crippen MR) is 128 cm³/mol. The number of nitrogens with one attached hydrogen (secondary N) is 1. The molecule has 160 valence electrons. The molecule has 1 atom stereocenters. The number of hydrazone groups is 1. The lowest BCUT2D eigenvalue weighted by Gasteiger charge is -2.13. The molecular formula is C27H24N2O3. The molecule has 32 heavy (non-hydrogen) atoms. The van der Waals surface area contributed by atoms with Gasteiger partial charge in [0.2, 0.25) is 0 Å². The number of benzene rings is 4. The molecule has 4 rings (SSSR count). The maximum atomic E-state index is 12.5. The number of carbonyl (C=O) groups excluding carboxylic acids is 1. The first-order chi connectivity index (χ1) is 15.7. The standard InChI is InChI=1S/C27H24N2O3/c1-19(32-23-15-12-21(13-16-23)20-8-4-3-5-9-20)27(30)29-28-18-25-24-11-7-6-10-22(24)14-17-26(25)31-2/h3-19H,1-2H3,(H,29,30)/t19-/m0/s1. The molecule has 0 bridgehead atoms. The number of hydrogen-bond acceptors (Lipinski definition) is 4. The van der Waals surface area contributed by atoms with Gasteiger partial charge in [-0.1, -0.05) is 72.8 Å². The second kappa shape index (κ2) is 9.79. The molecule has 0 aliphatic rings. The Hall–Kier alpha value is -4.12. The molecule has 0 unspecified atom stereocenters. The maximum Gasteiger partial charge on any atom is 0.280 e. The van der Waals surface area contributed by atoms with Crippen molar-refractivity contribution < 1.29 is 14.3 Å². The molecule has 4 aromatic carbocycles. The van der Waals surface area contributed by atoms with Crippen LogP contribution in [0.15, 0.2) is 96.1 Å². The summed E-state index contributed by atoms with van der Waals surface area (Å²) in [6, 6.07) is 29.6. The Labute approximate surface area is 187 Å². The lowest BCUT2D eigenvalue weighted by Crippen LogP contribution is -2.33. The quantitative estimate of drug-likeness (QED) is 0.318. The molecule has 5 nitrogen and oxygen atoms in total. The van der Waals surface area contributed by atoms with Crippen LogP contribution in [-0.4, -0.2) is 25.3 Å². The maximum absolute atomic E-state index is 12.5. The Morgan fingerprint density at radius 3 is 2.31 bits per heavy atom. The van der Waals surface area contributed by atoms with Crippen molar-refractivity contribution in [3.05, 3.63) is 96.6 Å². The van der Waals surface area contributed by atoms with Gasteiger partial charge in [0.25, 0.3) is 5.91 Å². The average Bonchev–Trinajstić information content (AvgIpc) is 2.85. The molecule has 0 radical (unpaired) electrons. The van der Waals surface area contributed by atoms with E-state index in [0.717, 1.165) is 27.5 Å². The van der Waals surface area contributed by atoms with Crippen LogP contribution in [0, 0.1) is 0 Å². The normalized spacial score (nSPS) is 11.9. The zero-order chi connectivity index (χ0) is 22.3. The smallest absolute Gasteiger partial charge is 0.280 e. The van der Waals surface area contributed by atoms with Crippen LogP contribution in [-0.2, 0) is 4.79 Å². The number of carbonyl (C=O) groups is 1. The number of fused-ring (bicyclic) bond motifs is 1. The Balaban J connectivity index is 1.40. The van der Waals surface area contributed by atoms with Crippen LogP contribution < -0.4 is 14.9 Å². The Kier molecular flexibility index (Phi) is 6.46. The number of rotatable bonds is 7. The van der Waals surface area contributed by atoms with Gasteiger partial charge in [-0.3, -0.25) is 4.79 Å². The predicted octanol–water partition coefficient (Wildman–Crippen LogP) is 5.43. The zero-order valence-electron chi connectivity index (χ0n) is 18.0. The molecule has 1 N–H and O–H groups in total.